The number of rotatable bonds is 2. The molecule has 2 heterocycles. The van der Waals surface area contributed by atoms with Gasteiger partial charge in [-0.3, -0.25) is 4.98 Å². The molecule has 0 saturated heterocycles. The molecule has 4 heteroatoms. The van der Waals surface area contributed by atoms with Crippen LogP contribution in [0.5, 0.6) is 0 Å². The Labute approximate surface area is 117 Å². The Morgan fingerprint density at radius 1 is 1.05 bits per heavy atom. The zero-order chi connectivity index (χ0) is 14.1. The van der Waals surface area contributed by atoms with Crippen LogP contribution in [0.15, 0.2) is 42.7 Å². The van der Waals surface area contributed by atoms with Crippen molar-refractivity contribution in [3.8, 4) is 11.3 Å². The van der Waals surface area contributed by atoms with Crippen LogP contribution in [-0.2, 0) is 0 Å². The highest BCUT2D eigenvalue weighted by atomic mass is 15.0. The lowest BCUT2D eigenvalue weighted by atomic mass is 10.0. The van der Waals surface area contributed by atoms with Crippen LogP contribution in [0.25, 0.3) is 22.0 Å². The Morgan fingerprint density at radius 3 is 2.65 bits per heavy atom. The third kappa shape index (κ3) is 2.20. The molecule has 0 amide bonds. The van der Waals surface area contributed by atoms with E-state index in [1.165, 1.54) is 0 Å². The first-order valence-electron chi connectivity index (χ1n) is 6.62. The minimum atomic E-state index is 0.236. The highest BCUT2D eigenvalue weighted by molar-refractivity contribution is 5.95. The van der Waals surface area contributed by atoms with Gasteiger partial charge in [0, 0.05) is 35.3 Å². The number of nitrogens with two attached hydrogens (primary N) is 1. The maximum absolute atomic E-state index is 5.91. The minimum absolute atomic E-state index is 0.236. The van der Waals surface area contributed by atoms with Crippen LogP contribution in [0.1, 0.15) is 25.6 Å². The summed E-state index contributed by atoms with van der Waals surface area (Å²) in [7, 11) is 0. The molecule has 0 fully saturated rings. The normalized spacial score (nSPS) is 11.2. The van der Waals surface area contributed by atoms with Crippen molar-refractivity contribution >= 4 is 16.6 Å². The number of anilines is 1. The van der Waals surface area contributed by atoms with Crippen molar-refractivity contribution in [1.82, 2.24) is 15.0 Å². The number of fused-ring (bicyclic) bond motifs is 1. The number of aromatic nitrogens is 3. The molecule has 0 aliphatic carbocycles. The van der Waals surface area contributed by atoms with E-state index in [1.54, 1.807) is 6.07 Å². The van der Waals surface area contributed by atoms with Gasteiger partial charge < -0.3 is 5.73 Å². The van der Waals surface area contributed by atoms with Gasteiger partial charge in [0.2, 0.25) is 0 Å². The van der Waals surface area contributed by atoms with E-state index < -0.39 is 0 Å². The Balaban J connectivity index is 2.25. The van der Waals surface area contributed by atoms with E-state index in [4.69, 9.17) is 5.73 Å². The molecule has 0 radical (unpaired) electrons. The monoisotopic (exact) mass is 264 g/mol. The second kappa shape index (κ2) is 4.89. The number of pyridine rings is 1. The van der Waals surface area contributed by atoms with Crippen molar-refractivity contribution in [3.05, 3.63) is 48.5 Å². The van der Waals surface area contributed by atoms with Crippen LogP contribution in [0.2, 0.25) is 0 Å². The largest absolute Gasteiger partial charge is 0.384 e. The number of nitrogens with zero attached hydrogens (tertiary/aromatic N) is 3. The zero-order valence-corrected chi connectivity index (χ0v) is 11.5. The summed E-state index contributed by atoms with van der Waals surface area (Å²) in [6.07, 6.45) is 3.68. The fourth-order valence-corrected chi connectivity index (χ4v) is 2.20. The van der Waals surface area contributed by atoms with E-state index in [1.807, 2.05) is 30.6 Å². The van der Waals surface area contributed by atoms with Crippen LogP contribution in [0.4, 0.5) is 5.82 Å². The predicted molar refractivity (Wildman–Crippen MR) is 81.3 cm³/mol. The van der Waals surface area contributed by atoms with Crippen LogP contribution >= 0.6 is 0 Å². The number of hydrogen-bond acceptors (Lipinski definition) is 4. The van der Waals surface area contributed by atoms with E-state index in [-0.39, 0.29) is 5.92 Å². The third-order valence-corrected chi connectivity index (χ3v) is 3.22. The van der Waals surface area contributed by atoms with Crippen LogP contribution in [-0.4, -0.2) is 15.0 Å². The fourth-order valence-electron chi connectivity index (χ4n) is 2.20. The Morgan fingerprint density at radius 2 is 1.85 bits per heavy atom. The first-order valence-corrected chi connectivity index (χ1v) is 6.62. The first kappa shape index (κ1) is 12.5. The van der Waals surface area contributed by atoms with E-state index in [9.17, 15) is 0 Å². The third-order valence-electron chi connectivity index (χ3n) is 3.22. The van der Waals surface area contributed by atoms with Crippen LogP contribution < -0.4 is 5.73 Å². The van der Waals surface area contributed by atoms with Gasteiger partial charge in [0.25, 0.3) is 0 Å². The highest BCUT2D eigenvalue weighted by Gasteiger charge is 2.10. The van der Waals surface area contributed by atoms with E-state index >= 15 is 0 Å². The number of hydrogen-bond donors (Lipinski definition) is 1. The lowest BCUT2D eigenvalue weighted by Gasteiger charge is -2.10. The Kier molecular flexibility index (Phi) is 3.06. The van der Waals surface area contributed by atoms with Crippen LogP contribution in [0, 0.1) is 0 Å². The topological polar surface area (TPSA) is 64.7 Å². The lowest BCUT2D eigenvalue weighted by molar-refractivity contribution is 0.779. The van der Waals surface area contributed by atoms with Gasteiger partial charge in [-0.15, -0.1) is 0 Å². The smallest absolute Gasteiger partial charge is 0.133 e. The lowest BCUT2D eigenvalue weighted by Crippen LogP contribution is -2.03. The van der Waals surface area contributed by atoms with Crippen molar-refractivity contribution in [2.24, 2.45) is 0 Å². The fraction of sp³-hybridized carbons (Fsp3) is 0.188. The van der Waals surface area contributed by atoms with Crippen molar-refractivity contribution in [1.29, 1.82) is 0 Å². The summed E-state index contributed by atoms with van der Waals surface area (Å²) < 4.78 is 0. The van der Waals surface area contributed by atoms with Gasteiger partial charge in [-0.1, -0.05) is 38.1 Å². The highest BCUT2D eigenvalue weighted by Crippen LogP contribution is 2.27. The zero-order valence-electron chi connectivity index (χ0n) is 11.5. The quantitative estimate of drug-likeness (QED) is 0.770. The van der Waals surface area contributed by atoms with Gasteiger partial charge in [0.1, 0.15) is 11.6 Å². The minimum Gasteiger partial charge on any atom is -0.384 e. The molecular weight excluding hydrogens is 248 g/mol. The van der Waals surface area contributed by atoms with Gasteiger partial charge in [-0.05, 0) is 5.39 Å². The van der Waals surface area contributed by atoms with Crippen LogP contribution in [0.3, 0.4) is 0 Å². The molecule has 1 aromatic carbocycles. The molecule has 0 spiro atoms. The molecule has 2 aromatic heterocycles. The average Bonchev–Trinajstić information content (AvgIpc) is 2.46. The molecule has 2 N–H and O–H groups in total. The molecular formula is C16H16N4. The molecule has 3 rings (SSSR count). The molecule has 20 heavy (non-hydrogen) atoms. The summed E-state index contributed by atoms with van der Waals surface area (Å²) >= 11 is 0. The standard InChI is InChI=1S/C16H16N4/c1-10(2)16-19-14(7-15(17)20-16)13-9-18-8-11-5-3-4-6-12(11)13/h3-10H,1-2H3,(H2,17,19,20). The van der Waals surface area contributed by atoms with Gasteiger partial charge in [-0.2, -0.15) is 0 Å². The predicted octanol–water partition coefficient (Wildman–Crippen LogP) is 3.40. The molecule has 100 valence electrons. The van der Waals surface area contributed by atoms with Gasteiger partial charge in [0.05, 0.1) is 5.69 Å². The summed E-state index contributed by atoms with van der Waals surface area (Å²) in [4.78, 5) is 13.2. The molecule has 0 aliphatic rings. The van der Waals surface area contributed by atoms with Gasteiger partial charge >= 0.3 is 0 Å². The number of benzene rings is 1. The second-order valence-corrected chi connectivity index (χ2v) is 5.10. The molecule has 0 unspecified atom stereocenters. The Hall–Kier alpha value is -2.49. The molecule has 4 nitrogen and oxygen atoms in total. The summed E-state index contributed by atoms with van der Waals surface area (Å²) in [5.74, 6) is 1.49. The van der Waals surface area contributed by atoms with Crippen molar-refractivity contribution in [3.63, 3.8) is 0 Å². The molecule has 0 saturated carbocycles. The van der Waals surface area contributed by atoms with E-state index in [2.05, 4.69) is 34.9 Å². The van der Waals surface area contributed by atoms with Crippen molar-refractivity contribution in [2.75, 3.05) is 5.73 Å². The molecule has 0 atom stereocenters. The van der Waals surface area contributed by atoms with Crippen molar-refractivity contribution < 1.29 is 0 Å². The van der Waals surface area contributed by atoms with E-state index in [0.717, 1.165) is 27.9 Å². The first-order chi connectivity index (χ1) is 9.65. The average molecular weight is 264 g/mol. The SMILES string of the molecule is CC(C)c1nc(N)cc(-c2cncc3ccccc23)n1. The second-order valence-electron chi connectivity index (χ2n) is 5.10. The Bertz CT molecular complexity index is 760. The maximum Gasteiger partial charge on any atom is 0.133 e. The summed E-state index contributed by atoms with van der Waals surface area (Å²) in [5.41, 5.74) is 7.72. The maximum atomic E-state index is 5.91. The van der Waals surface area contributed by atoms with E-state index in [0.29, 0.717) is 5.82 Å². The summed E-state index contributed by atoms with van der Waals surface area (Å²) in [6.45, 7) is 4.11. The van der Waals surface area contributed by atoms with Gasteiger partial charge in [0.15, 0.2) is 0 Å². The molecule has 3 aromatic rings. The summed E-state index contributed by atoms with van der Waals surface area (Å²) in [6, 6.07) is 9.93. The molecule has 0 bridgehead atoms. The van der Waals surface area contributed by atoms with Crippen molar-refractivity contribution in [2.45, 2.75) is 19.8 Å². The molecule has 0 aliphatic heterocycles. The number of nitrogen functional groups attached to an aromatic ring is 1. The van der Waals surface area contributed by atoms with Gasteiger partial charge in [-0.25, -0.2) is 9.97 Å². The summed E-state index contributed by atoms with van der Waals surface area (Å²) in [5, 5.41) is 2.21.